The molecule has 0 aliphatic carbocycles. The molecule has 5 nitrogen and oxygen atoms in total. The maximum atomic E-state index is 13.9. The fourth-order valence-electron chi connectivity index (χ4n) is 4.21. The van der Waals surface area contributed by atoms with Crippen LogP contribution in [0.2, 0.25) is 0 Å². The lowest BCUT2D eigenvalue weighted by molar-refractivity contribution is -0.183. The van der Waals surface area contributed by atoms with Gasteiger partial charge in [0.2, 0.25) is 0 Å². The molecule has 0 bridgehead atoms. The first-order valence-electron chi connectivity index (χ1n) is 9.22. The van der Waals surface area contributed by atoms with Crippen LogP contribution in [-0.2, 0) is 20.9 Å². The van der Waals surface area contributed by atoms with Gasteiger partial charge in [-0.3, -0.25) is 14.5 Å². The highest BCUT2D eigenvalue weighted by atomic mass is 19.1. The molecule has 0 radical (unpaired) electrons. The third-order valence-corrected chi connectivity index (χ3v) is 5.55. The number of hydrogen-bond donors (Lipinski definition) is 0. The molecule has 3 aliphatic heterocycles. The third-order valence-electron chi connectivity index (χ3n) is 5.55. The van der Waals surface area contributed by atoms with Gasteiger partial charge in [0.15, 0.2) is 0 Å². The molecule has 0 spiro atoms. The van der Waals surface area contributed by atoms with Crippen LogP contribution in [0.15, 0.2) is 24.3 Å². The highest BCUT2D eigenvalue weighted by Crippen LogP contribution is 2.33. The van der Waals surface area contributed by atoms with Crippen LogP contribution < -0.4 is 0 Å². The molecule has 0 N–H and O–H groups in total. The Hall–Kier alpha value is -1.50. The van der Waals surface area contributed by atoms with Crippen LogP contribution in [0, 0.1) is 17.7 Å². The van der Waals surface area contributed by atoms with Crippen molar-refractivity contribution < 1.29 is 18.8 Å². The van der Waals surface area contributed by atoms with Crippen LogP contribution >= 0.6 is 0 Å². The normalized spacial score (nSPS) is 30.3. The van der Waals surface area contributed by atoms with Crippen LogP contribution in [0.3, 0.4) is 0 Å². The van der Waals surface area contributed by atoms with Gasteiger partial charge in [-0.25, -0.2) is 9.45 Å². The lowest BCUT2D eigenvalue weighted by Gasteiger charge is -2.43. The van der Waals surface area contributed by atoms with Gasteiger partial charge in [-0.15, -0.1) is 0 Å². The molecule has 3 aliphatic rings. The summed E-state index contributed by atoms with van der Waals surface area (Å²) in [5.41, 5.74) is 0.732. The van der Waals surface area contributed by atoms with Crippen molar-refractivity contribution in [1.29, 1.82) is 0 Å². The van der Waals surface area contributed by atoms with Crippen LogP contribution in [0.5, 0.6) is 0 Å². The number of likely N-dealkylation sites (tertiary alicyclic amines) is 1. The maximum absolute atomic E-state index is 13.9. The summed E-state index contributed by atoms with van der Waals surface area (Å²) < 4.78 is 19.9. The van der Waals surface area contributed by atoms with Crippen molar-refractivity contribution in [2.45, 2.75) is 31.9 Å². The number of hydroxylamine groups is 2. The van der Waals surface area contributed by atoms with Gasteiger partial charge in [0, 0.05) is 25.2 Å². The number of rotatable bonds is 3. The van der Waals surface area contributed by atoms with E-state index in [1.54, 1.807) is 6.07 Å². The van der Waals surface area contributed by atoms with Crippen LogP contribution in [0.25, 0.3) is 0 Å². The summed E-state index contributed by atoms with van der Waals surface area (Å²) in [5.74, 6) is 0.115. The molecule has 25 heavy (non-hydrogen) atoms. The van der Waals surface area contributed by atoms with Gasteiger partial charge in [-0.05, 0) is 31.2 Å². The van der Waals surface area contributed by atoms with Crippen LogP contribution in [-0.4, -0.2) is 54.8 Å². The minimum atomic E-state index is -0.149. The van der Waals surface area contributed by atoms with E-state index in [0.717, 1.165) is 37.9 Å². The third kappa shape index (κ3) is 3.71. The monoisotopic (exact) mass is 348 g/mol. The SMILES string of the molecule is O=C([C@@H]1CO[C@@H]2CCN(Cc3ccccc3F)C[C@@H]2C1)N1CCCO1. The van der Waals surface area contributed by atoms with Gasteiger partial charge < -0.3 is 4.74 Å². The molecular formula is C19H25FN2O3. The number of nitrogens with zero attached hydrogens (tertiary/aromatic N) is 2. The smallest absolute Gasteiger partial charge is 0.251 e. The van der Waals surface area contributed by atoms with Gasteiger partial charge in [0.1, 0.15) is 5.82 Å². The van der Waals surface area contributed by atoms with E-state index in [1.165, 1.54) is 11.1 Å². The first kappa shape index (κ1) is 16.9. The number of fused-ring (bicyclic) bond motifs is 1. The van der Waals surface area contributed by atoms with E-state index < -0.39 is 0 Å². The summed E-state index contributed by atoms with van der Waals surface area (Å²) in [4.78, 5) is 20.2. The lowest BCUT2D eigenvalue weighted by Crippen LogP contribution is -2.50. The second-order valence-corrected chi connectivity index (χ2v) is 7.31. The zero-order valence-electron chi connectivity index (χ0n) is 14.4. The van der Waals surface area contributed by atoms with Gasteiger partial charge in [0.25, 0.3) is 5.91 Å². The predicted octanol–water partition coefficient (Wildman–Crippen LogP) is 2.22. The molecule has 1 aromatic rings. The second kappa shape index (κ2) is 7.40. The van der Waals surface area contributed by atoms with Gasteiger partial charge in [0.05, 0.1) is 31.8 Å². The number of carbonyl (C=O) groups excluding carboxylic acids is 1. The van der Waals surface area contributed by atoms with E-state index in [1.807, 2.05) is 12.1 Å². The predicted molar refractivity (Wildman–Crippen MR) is 89.9 cm³/mol. The molecule has 3 atom stereocenters. The van der Waals surface area contributed by atoms with Crippen molar-refractivity contribution in [2.24, 2.45) is 11.8 Å². The fourth-order valence-corrected chi connectivity index (χ4v) is 4.21. The van der Waals surface area contributed by atoms with Crippen molar-refractivity contribution >= 4 is 5.91 Å². The average Bonchev–Trinajstić information content (AvgIpc) is 3.17. The number of piperidine rings is 1. The van der Waals surface area contributed by atoms with Gasteiger partial charge in [-0.2, -0.15) is 0 Å². The summed E-state index contributed by atoms with van der Waals surface area (Å²) in [6.07, 6.45) is 2.90. The Morgan fingerprint density at radius 2 is 2.16 bits per heavy atom. The molecule has 4 rings (SSSR count). The van der Waals surface area contributed by atoms with E-state index in [0.29, 0.717) is 32.2 Å². The molecule has 3 saturated heterocycles. The van der Waals surface area contributed by atoms with Crippen LogP contribution in [0.4, 0.5) is 4.39 Å². The number of hydrogen-bond acceptors (Lipinski definition) is 4. The topological polar surface area (TPSA) is 42.0 Å². The molecule has 6 heteroatoms. The highest BCUT2D eigenvalue weighted by molar-refractivity contribution is 5.78. The van der Waals surface area contributed by atoms with E-state index in [4.69, 9.17) is 9.57 Å². The largest absolute Gasteiger partial charge is 0.377 e. The van der Waals surface area contributed by atoms with E-state index in [-0.39, 0.29) is 23.7 Å². The first-order valence-corrected chi connectivity index (χ1v) is 9.22. The van der Waals surface area contributed by atoms with E-state index in [9.17, 15) is 9.18 Å². The number of ether oxygens (including phenoxy) is 1. The Morgan fingerprint density at radius 3 is 2.96 bits per heavy atom. The van der Waals surface area contributed by atoms with Crippen molar-refractivity contribution in [2.75, 3.05) is 32.8 Å². The molecule has 3 heterocycles. The number of benzene rings is 1. The Balaban J connectivity index is 1.37. The Kier molecular flexibility index (Phi) is 5.01. The molecular weight excluding hydrogens is 323 g/mol. The quantitative estimate of drug-likeness (QED) is 0.840. The summed E-state index contributed by atoms with van der Waals surface area (Å²) in [6, 6.07) is 6.95. The van der Waals surface area contributed by atoms with Crippen molar-refractivity contribution in [3.05, 3.63) is 35.6 Å². The number of carbonyl (C=O) groups is 1. The summed E-state index contributed by atoms with van der Waals surface area (Å²) in [6.45, 7) is 4.18. The van der Waals surface area contributed by atoms with Gasteiger partial charge >= 0.3 is 0 Å². The molecule has 1 amide bonds. The Morgan fingerprint density at radius 1 is 1.28 bits per heavy atom. The zero-order chi connectivity index (χ0) is 17.2. The summed E-state index contributed by atoms with van der Waals surface area (Å²) in [7, 11) is 0. The maximum Gasteiger partial charge on any atom is 0.251 e. The molecule has 136 valence electrons. The first-order chi connectivity index (χ1) is 12.2. The highest BCUT2D eigenvalue weighted by Gasteiger charge is 2.40. The molecule has 3 fully saturated rings. The fraction of sp³-hybridized carbons (Fsp3) is 0.632. The van der Waals surface area contributed by atoms with Crippen molar-refractivity contribution in [3.8, 4) is 0 Å². The minimum absolute atomic E-state index is 0.0576. The standard InChI is InChI=1S/C19H25FN2O3/c20-17-5-2-1-4-14(17)11-21-8-6-18-15(12-21)10-16(13-24-18)19(23)22-7-3-9-25-22/h1-2,4-5,15-16,18H,3,6-13H2/t15-,16-,18+/m0/s1. The molecule has 0 unspecified atom stereocenters. The zero-order valence-corrected chi connectivity index (χ0v) is 14.4. The van der Waals surface area contributed by atoms with Crippen molar-refractivity contribution in [1.82, 2.24) is 9.96 Å². The summed E-state index contributed by atoms with van der Waals surface area (Å²) >= 11 is 0. The Bertz CT molecular complexity index is 620. The number of amides is 1. The average molecular weight is 348 g/mol. The second-order valence-electron chi connectivity index (χ2n) is 7.31. The Labute approximate surface area is 147 Å². The van der Waals surface area contributed by atoms with E-state index >= 15 is 0 Å². The minimum Gasteiger partial charge on any atom is -0.377 e. The van der Waals surface area contributed by atoms with E-state index in [2.05, 4.69) is 4.90 Å². The lowest BCUT2D eigenvalue weighted by atomic mass is 9.83. The molecule has 1 aromatic carbocycles. The molecule has 0 aromatic heterocycles. The van der Waals surface area contributed by atoms with Crippen LogP contribution in [0.1, 0.15) is 24.8 Å². The number of halogens is 1. The summed E-state index contributed by atoms with van der Waals surface area (Å²) in [5, 5.41) is 1.51. The van der Waals surface area contributed by atoms with Crippen molar-refractivity contribution in [3.63, 3.8) is 0 Å². The van der Waals surface area contributed by atoms with Gasteiger partial charge in [-0.1, -0.05) is 18.2 Å². The molecule has 0 saturated carbocycles.